The summed E-state index contributed by atoms with van der Waals surface area (Å²) in [5.41, 5.74) is -0.579. The minimum absolute atomic E-state index is 0.0198. The number of rotatable bonds is 5. The van der Waals surface area contributed by atoms with Crippen LogP contribution in [0.15, 0.2) is 12.1 Å². The third-order valence-electron chi connectivity index (χ3n) is 3.49. The summed E-state index contributed by atoms with van der Waals surface area (Å²) in [6.07, 6.45) is -0.919. The standard InChI is InChI=1S/C14H11FN2O6/c1-23-9-3-2-6(15)11-8(5-16)17(13(20)12(9)11)7(14(21)22)4-10(18)19/h2-3,7-8H,4H2,1H3,(H,18,19)(H,21,22). The van der Waals surface area contributed by atoms with Gasteiger partial charge in [0, 0.05) is 5.56 Å². The van der Waals surface area contributed by atoms with Crippen LogP contribution in [0.25, 0.3) is 0 Å². The molecule has 2 atom stereocenters. The largest absolute Gasteiger partial charge is 0.496 e. The summed E-state index contributed by atoms with van der Waals surface area (Å²) in [6, 6.07) is 0.471. The summed E-state index contributed by atoms with van der Waals surface area (Å²) in [7, 11) is 1.23. The first-order chi connectivity index (χ1) is 10.8. The minimum atomic E-state index is -1.80. The van der Waals surface area contributed by atoms with Gasteiger partial charge in [-0.3, -0.25) is 9.59 Å². The number of amides is 1. The summed E-state index contributed by atoms with van der Waals surface area (Å²) in [4.78, 5) is 35.2. The molecule has 1 amide bonds. The number of fused-ring (bicyclic) bond motifs is 1. The Morgan fingerprint density at radius 3 is 2.61 bits per heavy atom. The van der Waals surface area contributed by atoms with Gasteiger partial charge >= 0.3 is 11.9 Å². The molecule has 0 aromatic heterocycles. The molecule has 0 aliphatic carbocycles. The number of hydrogen-bond donors (Lipinski definition) is 2. The molecular formula is C14H11FN2O6. The fraction of sp³-hybridized carbons (Fsp3) is 0.286. The lowest BCUT2D eigenvalue weighted by atomic mass is 10.0. The van der Waals surface area contributed by atoms with E-state index in [1.165, 1.54) is 13.2 Å². The van der Waals surface area contributed by atoms with E-state index in [0.29, 0.717) is 4.90 Å². The third kappa shape index (κ3) is 2.55. The molecule has 1 heterocycles. The van der Waals surface area contributed by atoms with Gasteiger partial charge in [-0.1, -0.05) is 0 Å². The van der Waals surface area contributed by atoms with Gasteiger partial charge in [-0.25, -0.2) is 9.18 Å². The van der Waals surface area contributed by atoms with E-state index in [0.717, 1.165) is 6.07 Å². The summed E-state index contributed by atoms with van der Waals surface area (Å²) in [6.45, 7) is 0. The average Bonchev–Trinajstić information content (AvgIpc) is 2.79. The van der Waals surface area contributed by atoms with Crippen LogP contribution in [0.4, 0.5) is 4.39 Å². The zero-order valence-corrected chi connectivity index (χ0v) is 11.8. The van der Waals surface area contributed by atoms with Crippen LogP contribution < -0.4 is 4.74 Å². The van der Waals surface area contributed by atoms with Crippen molar-refractivity contribution in [2.45, 2.75) is 18.5 Å². The average molecular weight is 322 g/mol. The van der Waals surface area contributed by atoms with Crippen molar-refractivity contribution in [2.24, 2.45) is 0 Å². The lowest BCUT2D eigenvalue weighted by molar-refractivity contribution is -0.149. The van der Waals surface area contributed by atoms with Gasteiger partial charge in [0.15, 0.2) is 0 Å². The number of aliphatic carboxylic acids is 2. The number of carboxylic acid groups (broad SMARTS) is 2. The Balaban J connectivity index is 2.63. The van der Waals surface area contributed by atoms with Gasteiger partial charge in [-0.2, -0.15) is 5.26 Å². The maximum atomic E-state index is 14.1. The maximum absolute atomic E-state index is 14.1. The molecule has 9 heteroatoms. The number of halogens is 1. The van der Waals surface area contributed by atoms with E-state index in [-0.39, 0.29) is 16.9 Å². The highest BCUT2D eigenvalue weighted by atomic mass is 19.1. The number of nitrogens with zero attached hydrogens (tertiary/aromatic N) is 2. The number of methoxy groups -OCH3 is 1. The number of carbonyl (C=O) groups excluding carboxylic acids is 1. The van der Waals surface area contributed by atoms with E-state index < -0.39 is 42.2 Å². The first kappa shape index (κ1) is 16.2. The molecule has 2 unspecified atom stereocenters. The van der Waals surface area contributed by atoms with Crippen LogP contribution in [0.3, 0.4) is 0 Å². The Morgan fingerprint density at radius 1 is 1.48 bits per heavy atom. The normalized spacial score (nSPS) is 17.3. The molecule has 8 nitrogen and oxygen atoms in total. The summed E-state index contributed by atoms with van der Waals surface area (Å²) in [5.74, 6) is -4.92. The zero-order valence-electron chi connectivity index (χ0n) is 11.8. The monoisotopic (exact) mass is 322 g/mol. The summed E-state index contributed by atoms with van der Waals surface area (Å²) in [5, 5.41) is 27.3. The van der Waals surface area contributed by atoms with Crippen LogP contribution in [0, 0.1) is 17.1 Å². The van der Waals surface area contributed by atoms with Gasteiger partial charge in [-0.15, -0.1) is 0 Å². The first-order valence-corrected chi connectivity index (χ1v) is 6.36. The van der Waals surface area contributed by atoms with Crippen LogP contribution in [0.1, 0.15) is 28.4 Å². The lowest BCUT2D eigenvalue weighted by Crippen LogP contribution is -2.44. The van der Waals surface area contributed by atoms with Gasteiger partial charge in [0.25, 0.3) is 5.91 Å². The minimum Gasteiger partial charge on any atom is -0.496 e. The topological polar surface area (TPSA) is 128 Å². The smallest absolute Gasteiger partial charge is 0.327 e. The molecule has 1 aliphatic rings. The second kappa shape index (κ2) is 5.92. The molecule has 0 spiro atoms. The van der Waals surface area contributed by atoms with Gasteiger partial charge < -0.3 is 19.8 Å². The van der Waals surface area contributed by atoms with E-state index in [9.17, 15) is 29.1 Å². The second-order valence-electron chi connectivity index (χ2n) is 4.73. The molecule has 0 fully saturated rings. The fourth-order valence-corrected chi connectivity index (χ4v) is 2.54. The Morgan fingerprint density at radius 2 is 2.13 bits per heavy atom. The quantitative estimate of drug-likeness (QED) is 0.819. The Labute approximate surface area is 129 Å². The first-order valence-electron chi connectivity index (χ1n) is 6.36. The van der Waals surface area contributed by atoms with E-state index in [1.807, 2.05) is 0 Å². The Kier molecular flexibility index (Phi) is 4.18. The van der Waals surface area contributed by atoms with Crippen LogP contribution in [-0.2, 0) is 9.59 Å². The van der Waals surface area contributed by atoms with E-state index >= 15 is 0 Å². The van der Waals surface area contributed by atoms with Crippen molar-refractivity contribution in [1.82, 2.24) is 4.90 Å². The lowest BCUT2D eigenvalue weighted by Gasteiger charge is -2.26. The molecule has 2 N–H and O–H groups in total. The van der Waals surface area contributed by atoms with E-state index in [4.69, 9.17) is 9.84 Å². The van der Waals surface area contributed by atoms with Gasteiger partial charge in [0.05, 0.1) is 25.2 Å². The second-order valence-corrected chi connectivity index (χ2v) is 4.73. The predicted octanol–water partition coefficient (Wildman–Crippen LogP) is 0.783. The maximum Gasteiger partial charge on any atom is 0.327 e. The van der Waals surface area contributed by atoms with Crippen LogP contribution in [0.2, 0.25) is 0 Å². The predicted molar refractivity (Wildman–Crippen MR) is 71.2 cm³/mol. The molecule has 2 rings (SSSR count). The molecule has 1 aliphatic heterocycles. The summed E-state index contributed by atoms with van der Waals surface area (Å²) < 4.78 is 19.0. The Hall–Kier alpha value is -3.15. The number of carboxylic acids is 2. The van der Waals surface area contributed by atoms with Crippen LogP contribution >= 0.6 is 0 Å². The zero-order chi connectivity index (χ0) is 17.3. The highest BCUT2D eigenvalue weighted by Gasteiger charge is 2.47. The van der Waals surface area contributed by atoms with E-state index in [2.05, 4.69) is 0 Å². The number of hydrogen-bond acceptors (Lipinski definition) is 5. The van der Waals surface area contributed by atoms with E-state index in [1.54, 1.807) is 6.07 Å². The number of ether oxygens (including phenoxy) is 1. The van der Waals surface area contributed by atoms with Crippen molar-refractivity contribution in [3.8, 4) is 11.8 Å². The van der Waals surface area contributed by atoms with Crippen molar-refractivity contribution in [1.29, 1.82) is 5.26 Å². The molecule has 0 radical (unpaired) electrons. The SMILES string of the molecule is COc1ccc(F)c2c1C(=O)N(C(CC(=O)O)C(=O)O)C2C#N. The fourth-order valence-electron chi connectivity index (χ4n) is 2.54. The highest BCUT2D eigenvalue weighted by molar-refractivity contribution is 6.04. The third-order valence-corrected chi connectivity index (χ3v) is 3.49. The number of carbonyl (C=O) groups is 3. The number of benzene rings is 1. The molecule has 120 valence electrons. The molecule has 23 heavy (non-hydrogen) atoms. The van der Waals surface area contributed by atoms with Crippen molar-refractivity contribution >= 4 is 17.8 Å². The molecule has 1 aromatic rings. The van der Waals surface area contributed by atoms with Crippen LogP contribution in [0.5, 0.6) is 5.75 Å². The van der Waals surface area contributed by atoms with Crippen molar-refractivity contribution in [3.63, 3.8) is 0 Å². The molecule has 0 bridgehead atoms. The Bertz CT molecular complexity index is 742. The molecule has 0 saturated carbocycles. The van der Waals surface area contributed by atoms with Crippen molar-refractivity contribution < 1.29 is 33.7 Å². The van der Waals surface area contributed by atoms with Gasteiger partial charge in [0.1, 0.15) is 23.7 Å². The highest BCUT2D eigenvalue weighted by Crippen LogP contribution is 2.41. The molecule has 0 saturated heterocycles. The number of nitriles is 1. The van der Waals surface area contributed by atoms with Crippen LogP contribution in [-0.4, -0.2) is 46.1 Å². The summed E-state index contributed by atoms with van der Waals surface area (Å²) >= 11 is 0. The van der Waals surface area contributed by atoms with Gasteiger partial charge in [0.2, 0.25) is 0 Å². The molecule has 1 aromatic carbocycles. The molecular weight excluding hydrogens is 311 g/mol. The van der Waals surface area contributed by atoms with Crippen molar-refractivity contribution in [2.75, 3.05) is 7.11 Å². The van der Waals surface area contributed by atoms with Crippen molar-refractivity contribution in [3.05, 3.63) is 29.1 Å². The van der Waals surface area contributed by atoms with Gasteiger partial charge in [-0.05, 0) is 12.1 Å².